The van der Waals surface area contributed by atoms with E-state index in [0.29, 0.717) is 40.3 Å². The largest absolute Gasteiger partial charge is 0.368 e. The molecule has 0 fully saturated rings. The molecule has 0 aliphatic rings. The Morgan fingerprint density at radius 3 is 2.73 bits per heavy atom. The molecule has 1 amide bonds. The molecule has 0 bridgehead atoms. The highest BCUT2D eigenvalue weighted by molar-refractivity contribution is 6.36. The van der Waals surface area contributed by atoms with Gasteiger partial charge in [-0.05, 0) is 31.2 Å². The van der Waals surface area contributed by atoms with Crippen LogP contribution in [-0.4, -0.2) is 38.7 Å². The second-order valence-corrected chi connectivity index (χ2v) is 6.31. The Labute approximate surface area is 160 Å². The van der Waals surface area contributed by atoms with E-state index in [4.69, 9.17) is 23.2 Å². The first-order valence-electron chi connectivity index (χ1n) is 7.85. The van der Waals surface area contributed by atoms with Gasteiger partial charge in [-0.1, -0.05) is 23.2 Å². The van der Waals surface area contributed by atoms with Gasteiger partial charge in [0.05, 0.1) is 16.3 Å². The third-order valence-electron chi connectivity index (χ3n) is 3.50. The van der Waals surface area contributed by atoms with E-state index in [1.165, 1.54) is 12.4 Å². The number of aryl methyl sites for hydroxylation is 1. The minimum atomic E-state index is -0.260. The van der Waals surface area contributed by atoms with Crippen molar-refractivity contribution in [2.24, 2.45) is 0 Å². The number of carbonyl (C=O) groups excluding carboxylic acids is 1. The summed E-state index contributed by atoms with van der Waals surface area (Å²) >= 11 is 11.9. The van der Waals surface area contributed by atoms with Gasteiger partial charge < -0.3 is 10.6 Å². The second kappa shape index (κ2) is 8.16. The fraction of sp³-hybridized carbons (Fsp3) is 0.176. The molecule has 9 heteroatoms. The molecule has 0 atom stereocenters. The Morgan fingerprint density at radius 1 is 1.15 bits per heavy atom. The number of anilines is 1. The number of aromatic nitrogens is 4. The predicted molar refractivity (Wildman–Crippen MR) is 101 cm³/mol. The van der Waals surface area contributed by atoms with Gasteiger partial charge in [-0.25, -0.2) is 14.6 Å². The second-order valence-electron chi connectivity index (χ2n) is 5.47. The molecular weight excluding hydrogens is 375 g/mol. The van der Waals surface area contributed by atoms with Gasteiger partial charge in [0.1, 0.15) is 12.1 Å². The summed E-state index contributed by atoms with van der Waals surface area (Å²) in [6.07, 6.45) is 3.29. The molecule has 2 N–H and O–H groups in total. The van der Waals surface area contributed by atoms with Crippen molar-refractivity contribution in [1.29, 1.82) is 0 Å². The van der Waals surface area contributed by atoms with Gasteiger partial charge in [0.2, 0.25) is 0 Å². The van der Waals surface area contributed by atoms with Crippen molar-refractivity contribution in [1.82, 2.24) is 25.1 Å². The fourth-order valence-electron chi connectivity index (χ4n) is 2.25. The van der Waals surface area contributed by atoms with Crippen LogP contribution in [0.2, 0.25) is 10.0 Å². The quantitative estimate of drug-likeness (QED) is 0.631. The van der Waals surface area contributed by atoms with Crippen LogP contribution in [0.5, 0.6) is 0 Å². The lowest BCUT2D eigenvalue weighted by molar-refractivity contribution is 0.0955. The van der Waals surface area contributed by atoms with Crippen LogP contribution in [0.1, 0.15) is 16.1 Å². The number of rotatable bonds is 6. The first-order chi connectivity index (χ1) is 12.5. The van der Waals surface area contributed by atoms with Gasteiger partial charge >= 0.3 is 0 Å². The van der Waals surface area contributed by atoms with Crippen LogP contribution in [0.25, 0.3) is 5.82 Å². The highest BCUT2D eigenvalue weighted by Crippen LogP contribution is 2.20. The first-order valence-corrected chi connectivity index (χ1v) is 8.60. The lowest BCUT2D eigenvalue weighted by Gasteiger charge is -2.09. The topological polar surface area (TPSA) is 84.7 Å². The zero-order chi connectivity index (χ0) is 18.5. The summed E-state index contributed by atoms with van der Waals surface area (Å²) < 4.78 is 1.67. The molecule has 1 aromatic carbocycles. The number of hydrogen-bond donors (Lipinski definition) is 2. The average molecular weight is 391 g/mol. The van der Waals surface area contributed by atoms with Gasteiger partial charge in [-0.2, -0.15) is 5.10 Å². The molecule has 0 aliphatic heterocycles. The maximum atomic E-state index is 12.1. The molecule has 7 nitrogen and oxygen atoms in total. The van der Waals surface area contributed by atoms with Gasteiger partial charge in [0.25, 0.3) is 5.91 Å². The summed E-state index contributed by atoms with van der Waals surface area (Å²) in [5.74, 6) is 1.04. The highest BCUT2D eigenvalue weighted by atomic mass is 35.5. The van der Waals surface area contributed by atoms with E-state index in [-0.39, 0.29) is 5.91 Å². The Balaban J connectivity index is 1.53. The molecule has 3 rings (SSSR count). The summed E-state index contributed by atoms with van der Waals surface area (Å²) in [5, 5.41) is 11.0. The maximum absolute atomic E-state index is 12.1. The van der Waals surface area contributed by atoms with E-state index in [0.717, 1.165) is 5.69 Å². The van der Waals surface area contributed by atoms with Crippen LogP contribution < -0.4 is 10.6 Å². The monoisotopic (exact) mass is 390 g/mol. The van der Waals surface area contributed by atoms with Crippen LogP contribution in [0.3, 0.4) is 0 Å². The molecular formula is C17H16Cl2N6O. The van der Waals surface area contributed by atoms with Crippen LogP contribution in [0, 0.1) is 6.92 Å². The van der Waals surface area contributed by atoms with Gasteiger partial charge in [-0.15, -0.1) is 0 Å². The van der Waals surface area contributed by atoms with E-state index in [2.05, 4.69) is 25.7 Å². The molecule has 0 saturated heterocycles. The molecule has 2 aromatic heterocycles. The van der Waals surface area contributed by atoms with Crippen LogP contribution in [-0.2, 0) is 0 Å². The molecule has 0 radical (unpaired) electrons. The van der Waals surface area contributed by atoms with Crippen molar-refractivity contribution in [3.05, 3.63) is 64.2 Å². The molecule has 0 aliphatic carbocycles. The van der Waals surface area contributed by atoms with E-state index in [9.17, 15) is 4.79 Å². The Hall–Kier alpha value is -2.64. The fourth-order valence-corrected chi connectivity index (χ4v) is 2.74. The van der Waals surface area contributed by atoms with Crippen LogP contribution >= 0.6 is 23.2 Å². The lowest BCUT2D eigenvalue weighted by atomic mass is 10.2. The molecule has 0 spiro atoms. The number of benzene rings is 1. The Bertz CT molecular complexity index is 927. The van der Waals surface area contributed by atoms with Gasteiger partial charge in [0, 0.05) is 30.4 Å². The number of carbonyl (C=O) groups is 1. The summed E-state index contributed by atoms with van der Waals surface area (Å²) in [6, 6.07) is 8.43. The molecule has 3 aromatic rings. The zero-order valence-electron chi connectivity index (χ0n) is 13.9. The third-order valence-corrected chi connectivity index (χ3v) is 4.05. The predicted octanol–water partition coefficient (Wildman–Crippen LogP) is 3.12. The van der Waals surface area contributed by atoms with Crippen molar-refractivity contribution in [2.75, 3.05) is 18.4 Å². The van der Waals surface area contributed by atoms with Crippen LogP contribution in [0.15, 0.2) is 42.9 Å². The van der Waals surface area contributed by atoms with E-state index >= 15 is 0 Å². The Kier molecular flexibility index (Phi) is 5.70. The highest BCUT2D eigenvalue weighted by Gasteiger charge is 2.10. The van der Waals surface area contributed by atoms with Gasteiger partial charge in [-0.3, -0.25) is 4.79 Å². The maximum Gasteiger partial charge on any atom is 0.252 e. The standard InChI is InChI=1S/C17H16Cl2N6O/c1-11-4-7-25(24-11)16-9-15(22-10-23-16)20-5-6-21-17(26)13-3-2-12(18)8-14(13)19/h2-4,7-10H,5-6H2,1H3,(H,21,26)(H,20,22,23). The minimum absolute atomic E-state index is 0.260. The van der Waals surface area contributed by atoms with Crippen molar-refractivity contribution >= 4 is 34.9 Å². The van der Waals surface area contributed by atoms with E-state index in [1.54, 1.807) is 22.9 Å². The summed E-state index contributed by atoms with van der Waals surface area (Å²) in [5.41, 5.74) is 1.29. The third kappa shape index (κ3) is 4.50. The average Bonchev–Trinajstić information content (AvgIpc) is 3.05. The van der Waals surface area contributed by atoms with Crippen molar-refractivity contribution < 1.29 is 4.79 Å². The smallest absolute Gasteiger partial charge is 0.252 e. The molecule has 26 heavy (non-hydrogen) atoms. The minimum Gasteiger partial charge on any atom is -0.368 e. The number of nitrogens with zero attached hydrogens (tertiary/aromatic N) is 4. The van der Waals surface area contributed by atoms with Gasteiger partial charge in [0.15, 0.2) is 5.82 Å². The zero-order valence-corrected chi connectivity index (χ0v) is 15.4. The van der Waals surface area contributed by atoms with Crippen LogP contribution in [0.4, 0.5) is 5.82 Å². The van der Waals surface area contributed by atoms with Crippen molar-refractivity contribution in [2.45, 2.75) is 6.92 Å². The SMILES string of the molecule is Cc1ccn(-c2cc(NCCNC(=O)c3ccc(Cl)cc3Cl)ncn2)n1. The first kappa shape index (κ1) is 18.2. The number of halogens is 2. The van der Waals surface area contributed by atoms with Crippen molar-refractivity contribution in [3.63, 3.8) is 0 Å². The van der Waals surface area contributed by atoms with E-state index in [1.807, 2.05) is 19.2 Å². The lowest BCUT2D eigenvalue weighted by Crippen LogP contribution is -2.29. The number of hydrogen-bond acceptors (Lipinski definition) is 5. The Morgan fingerprint density at radius 2 is 2.00 bits per heavy atom. The van der Waals surface area contributed by atoms with E-state index < -0.39 is 0 Å². The summed E-state index contributed by atoms with van der Waals surface area (Å²) in [4.78, 5) is 20.5. The normalized spacial score (nSPS) is 10.6. The molecule has 0 unspecified atom stereocenters. The number of nitrogens with one attached hydrogen (secondary N) is 2. The molecule has 134 valence electrons. The summed E-state index contributed by atoms with van der Waals surface area (Å²) in [6.45, 7) is 2.80. The number of amides is 1. The molecule has 0 saturated carbocycles. The van der Waals surface area contributed by atoms with Crippen molar-refractivity contribution in [3.8, 4) is 5.82 Å². The molecule has 2 heterocycles. The summed E-state index contributed by atoms with van der Waals surface area (Å²) in [7, 11) is 0.